The Kier molecular flexibility index (Phi) is 6.06. The molecule has 0 saturated carbocycles. The smallest absolute Gasteiger partial charge is 0.236 e. The fourth-order valence-corrected chi connectivity index (χ4v) is 3.74. The van der Waals surface area contributed by atoms with Crippen LogP contribution in [0.2, 0.25) is 0 Å². The Morgan fingerprint density at radius 1 is 0.857 bits per heavy atom. The second-order valence-electron chi connectivity index (χ2n) is 6.80. The van der Waals surface area contributed by atoms with Gasteiger partial charge in [-0.1, -0.05) is 33.6 Å². The van der Waals surface area contributed by atoms with Gasteiger partial charge in [-0.25, -0.2) is 0 Å². The molecule has 2 saturated heterocycles. The Morgan fingerprint density at radius 2 is 1.38 bits per heavy atom. The normalized spacial score (nSPS) is 24.2. The minimum atomic E-state index is 0.348. The maximum Gasteiger partial charge on any atom is 0.236 e. The number of amides is 1. The Labute approximate surface area is 130 Å². The lowest BCUT2D eigenvalue weighted by Crippen LogP contribution is -2.51. The highest BCUT2D eigenvalue weighted by Gasteiger charge is 2.33. The van der Waals surface area contributed by atoms with Gasteiger partial charge in [0.2, 0.25) is 5.91 Å². The van der Waals surface area contributed by atoms with Crippen LogP contribution in [0.4, 0.5) is 0 Å². The lowest BCUT2D eigenvalue weighted by atomic mass is 9.74. The Morgan fingerprint density at radius 3 is 1.86 bits per heavy atom. The van der Waals surface area contributed by atoms with E-state index in [1.807, 2.05) is 0 Å². The van der Waals surface area contributed by atoms with Gasteiger partial charge < -0.3 is 9.80 Å². The standard InChI is InChI=1S/C17H33N3O/c1-4-17(5-2)7-9-20(10-8-17)16(21)15-19-13-11-18(6-3)12-14-19/h4-15H2,1-3H3. The molecular formula is C17H33N3O. The van der Waals surface area contributed by atoms with Gasteiger partial charge in [-0.2, -0.15) is 0 Å². The van der Waals surface area contributed by atoms with E-state index in [2.05, 4.69) is 35.5 Å². The van der Waals surface area contributed by atoms with E-state index in [1.165, 1.54) is 25.7 Å². The third-order valence-electron chi connectivity index (χ3n) is 5.95. The lowest BCUT2D eigenvalue weighted by Gasteiger charge is -2.42. The Bertz CT molecular complexity index is 323. The largest absolute Gasteiger partial charge is 0.342 e. The van der Waals surface area contributed by atoms with Gasteiger partial charge in [-0.3, -0.25) is 9.69 Å². The molecule has 4 heteroatoms. The predicted molar refractivity (Wildman–Crippen MR) is 87.4 cm³/mol. The topological polar surface area (TPSA) is 26.8 Å². The van der Waals surface area contributed by atoms with Crippen LogP contribution in [-0.2, 0) is 4.79 Å². The van der Waals surface area contributed by atoms with Gasteiger partial charge in [-0.15, -0.1) is 0 Å². The SMILES string of the molecule is CCN1CCN(CC(=O)N2CCC(CC)(CC)CC2)CC1. The van der Waals surface area contributed by atoms with Crippen molar-refractivity contribution in [1.29, 1.82) is 0 Å². The van der Waals surface area contributed by atoms with Crippen LogP contribution in [0.25, 0.3) is 0 Å². The quantitative estimate of drug-likeness (QED) is 0.777. The summed E-state index contributed by atoms with van der Waals surface area (Å²) < 4.78 is 0. The number of likely N-dealkylation sites (N-methyl/N-ethyl adjacent to an activating group) is 1. The summed E-state index contributed by atoms with van der Waals surface area (Å²) in [6.45, 7) is 14.8. The summed E-state index contributed by atoms with van der Waals surface area (Å²) in [6, 6.07) is 0. The van der Waals surface area contributed by atoms with Crippen molar-refractivity contribution in [2.45, 2.75) is 46.5 Å². The highest BCUT2D eigenvalue weighted by atomic mass is 16.2. The molecule has 2 rings (SSSR count). The first-order valence-electron chi connectivity index (χ1n) is 8.85. The van der Waals surface area contributed by atoms with Crippen molar-refractivity contribution in [3.8, 4) is 0 Å². The van der Waals surface area contributed by atoms with Crippen molar-refractivity contribution in [2.24, 2.45) is 5.41 Å². The predicted octanol–water partition coefficient (Wildman–Crippen LogP) is 2.05. The van der Waals surface area contributed by atoms with E-state index in [-0.39, 0.29) is 0 Å². The van der Waals surface area contributed by atoms with Crippen molar-refractivity contribution in [2.75, 3.05) is 52.4 Å². The highest BCUT2D eigenvalue weighted by molar-refractivity contribution is 5.78. The third kappa shape index (κ3) is 4.19. The lowest BCUT2D eigenvalue weighted by molar-refractivity contribution is -0.135. The van der Waals surface area contributed by atoms with Gasteiger partial charge in [0.05, 0.1) is 6.54 Å². The summed E-state index contributed by atoms with van der Waals surface area (Å²) in [5.74, 6) is 0.348. The van der Waals surface area contributed by atoms with Gasteiger partial charge in [0, 0.05) is 39.3 Å². The summed E-state index contributed by atoms with van der Waals surface area (Å²) in [5.41, 5.74) is 0.504. The van der Waals surface area contributed by atoms with Gasteiger partial charge in [0.1, 0.15) is 0 Å². The average molecular weight is 295 g/mol. The molecule has 122 valence electrons. The van der Waals surface area contributed by atoms with Crippen LogP contribution in [0.3, 0.4) is 0 Å². The van der Waals surface area contributed by atoms with Crippen molar-refractivity contribution in [3.63, 3.8) is 0 Å². The van der Waals surface area contributed by atoms with Crippen molar-refractivity contribution in [1.82, 2.24) is 14.7 Å². The number of hydrogen-bond acceptors (Lipinski definition) is 3. The molecule has 0 unspecified atom stereocenters. The van der Waals surface area contributed by atoms with E-state index < -0.39 is 0 Å². The molecule has 0 atom stereocenters. The van der Waals surface area contributed by atoms with Crippen LogP contribution < -0.4 is 0 Å². The number of nitrogens with zero attached hydrogens (tertiary/aromatic N) is 3. The molecule has 0 spiro atoms. The molecular weight excluding hydrogens is 262 g/mol. The summed E-state index contributed by atoms with van der Waals surface area (Å²) >= 11 is 0. The number of carbonyl (C=O) groups is 1. The van der Waals surface area contributed by atoms with E-state index in [0.717, 1.165) is 45.8 Å². The molecule has 2 fully saturated rings. The molecule has 0 aromatic rings. The molecule has 2 heterocycles. The monoisotopic (exact) mass is 295 g/mol. The Balaban J connectivity index is 1.75. The molecule has 0 bridgehead atoms. The zero-order valence-corrected chi connectivity index (χ0v) is 14.2. The highest BCUT2D eigenvalue weighted by Crippen LogP contribution is 2.37. The summed E-state index contributed by atoms with van der Waals surface area (Å²) in [5, 5.41) is 0. The zero-order chi connectivity index (χ0) is 15.3. The minimum absolute atomic E-state index is 0.348. The number of piperidine rings is 1. The molecule has 2 aliphatic heterocycles. The van der Waals surface area contributed by atoms with Gasteiger partial charge >= 0.3 is 0 Å². The number of carbonyl (C=O) groups excluding carboxylic acids is 1. The summed E-state index contributed by atoms with van der Waals surface area (Å²) in [4.78, 5) is 19.4. The van der Waals surface area contributed by atoms with Crippen LogP contribution in [0.15, 0.2) is 0 Å². The average Bonchev–Trinajstić information content (AvgIpc) is 2.55. The molecule has 4 nitrogen and oxygen atoms in total. The molecule has 0 aromatic carbocycles. The number of likely N-dealkylation sites (tertiary alicyclic amines) is 1. The van der Waals surface area contributed by atoms with E-state index in [1.54, 1.807) is 0 Å². The zero-order valence-electron chi connectivity index (χ0n) is 14.2. The van der Waals surface area contributed by atoms with Crippen molar-refractivity contribution < 1.29 is 4.79 Å². The fourth-order valence-electron chi connectivity index (χ4n) is 3.74. The second-order valence-corrected chi connectivity index (χ2v) is 6.80. The van der Waals surface area contributed by atoms with Gasteiger partial charge in [0.15, 0.2) is 0 Å². The number of piperazine rings is 1. The first-order valence-corrected chi connectivity index (χ1v) is 8.85. The van der Waals surface area contributed by atoms with Crippen molar-refractivity contribution in [3.05, 3.63) is 0 Å². The minimum Gasteiger partial charge on any atom is -0.342 e. The molecule has 0 N–H and O–H groups in total. The summed E-state index contributed by atoms with van der Waals surface area (Å²) in [6.07, 6.45) is 4.89. The van der Waals surface area contributed by atoms with Crippen LogP contribution in [-0.4, -0.2) is 73.0 Å². The molecule has 21 heavy (non-hydrogen) atoms. The van der Waals surface area contributed by atoms with Crippen LogP contribution in [0.5, 0.6) is 0 Å². The van der Waals surface area contributed by atoms with Crippen LogP contribution in [0.1, 0.15) is 46.5 Å². The van der Waals surface area contributed by atoms with Gasteiger partial charge in [-0.05, 0) is 24.8 Å². The number of hydrogen-bond donors (Lipinski definition) is 0. The first kappa shape index (κ1) is 16.8. The molecule has 0 aromatic heterocycles. The molecule has 0 radical (unpaired) electrons. The van der Waals surface area contributed by atoms with Gasteiger partial charge in [0.25, 0.3) is 0 Å². The third-order valence-corrected chi connectivity index (χ3v) is 5.95. The Hall–Kier alpha value is -0.610. The van der Waals surface area contributed by atoms with E-state index >= 15 is 0 Å². The molecule has 2 aliphatic rings. The fraction of sp³-hybridized carbons (Fsp3) is 0.941. The molecule has 1 amide bonds. The van der Waals surface area contributed by atoms with Crippen molar-refractivity contribution >= 4 is 5.91 Å². The van der Waals surface area contributed by atoms with Crippen LogP contribution in [0, 0.1) is 5.41 Å². The maximum absolute atomic E-state index is 12.5. The first-order chi connectivity index (χ1) is 10.1. The van der Waals surface area contributed by atoms with E-state index in [0.29, 0.717) is 17.9 Å². The maximum atomic E-state index is 12.5. The number of rotatable bonds is 5. The summed E-state index contributed by atoms with van der Waals surface area (Å²) in [7, 11) is 0. The molecule has 0 aliphatic carbocycles. The second kappa shape index (κ2) is 7.59. The van der Waals surface area contributed by atoms with E-state index in [4.69, 9.17) is 0 Å². The van der Waals surface area contributed by atoms with Crippen LogP contribution >= 0.6 is 0 Å². The van der Waals surface area contributed by atoms with E-state index in [9.17, 15) is 4.79 Å².